The predicted molar refractivity (Wildman–Crippen MR) is 64.8 cm³/mol. The van der Waals surface area contributed by atoms with Gasteiger partial charge in [0.05, 0.1) is 18.3 Å². The van der Waals surface area contributed by atoms with Gasteiger partial charge in [0.15, 0.2) is 5.69 Å². The minimum atomic E-state index is -0.747. The van der Waals surface area contributed by atoms with Gasteiger partial charge in [0, 0.05) is 13.1 Å². The van der Waals surface area contributed by atoms with E-state index in [0.29, 0.717) is 13.1 Å². The van der Waals surface area contributed by atoms with Crippen LogP contribution in [0.1, 0.15) is 36.2 Å². The minimum Gasteiger partial charge on any atom is -0.388 e. The van der Waals surface area contributed by atoms with Gasteiger partial charge >= 0.3 is 0 Å². The van der Waals surface area contributed by atoms with Crippen LogP contribution in [0.5, 0.6) is 0 Å². The zero-order valence-electron chi connectivity index (χ0n) is 10.3. The van der Waals surface area contributed by atoms with Crippen LogP contribution >= 0.6 is 0 Å². The topological polar surface area (TPSA) is 106 Å². The van der Waals surface area contributed by atoms with Crippen molar-refractivity contribution in [3.8, 4) is 0 Å². The van der Waals surface area contributed by atoms with Crippen LogP contribution in [0.3, 0.4) is 0 Å². The summed E-state index contributed by atoms with van der Waals surface area (Å²) < 4.78 is 1.53. The van der Waals surface area contributed by atoms with Crippen LogP contribution in [-0.2, 0) is 6.54 Å². The van der Waals surface area contributed by atoms with Crippen molar-refractivity contribution in [1.29, 1.82) is 0 Å². The Labute approximate surface area is 105 Å². The van der Waals surface area contributed by atoms with Crippen LogP contribution < -0.4 is 11.1 Å². The fraction of sp³-hybridized carbons (Fsp3) is 0.727. The molecule has 4 N–H and O–H groups in total. The van der Waals surface area contributed by atoms with E-state index in [4.69, 9.17) is 5.73 Å². The first kappa shape index (κ1) is 13.0. The molecule has 0 unspecified atom stereocenters. The van der Waals surface area contributed by atoms with E-state index < -0.39 is 5.60 Å². The molecule has 7 heteroatoms. The molecule has 1 amide bonds. The summed E-state index contributed by atoms with van der Waals surface area (Å²) in [7, 11) is 0. The molecule has 1 aromatic heterocycles. The summed E-state index contributed by atoms with van der Waals surface area (Å²) in [6.07, 6.45) is 5.07. The normalized spacial score (nSPS) is 17.9. The lowest BCUT2D eigenvalue weighted by Gasteiger charge is -2.21. The maximum atomic E-state index is 11.8. The monoisotopic (exact) mass is 253 g/mol. The van der Waals surface area contributed by atoms with Gasteiger partial charge in [0.1, 0.15) is 0 Å². The third-order valence-corrected chi connectivity index (χ3v) is 3.24. The van der Waals surface area contributed by atoms with Gasteiger partial charge in [0.25, 0.3) is 5.91 Å². The maximum absolute atomic E-state index is 11.8. The molecule has 1 fully saturated rings. The Hall–Kier alpha value is -1.47. The van der Waals surface area contributed by atoms with Crippen molar-refractivity contribution in [3.63, 3.8) is 0 Å². The Kier molecular flexibility index (Phi) is 3.93. The molecule has 0 aliphatic heterocycles. The van der Waals surface area contributed by atoms with E-state index in [1.165, 1.54) is 4.68 Å². The van der Waals surface area contributed by atoms with Crippen molar-refractivity contribution in [2.45, 2.75) is 37.8 Å². The fourth-order valence-electron chi connectivity index (χ4n) is 2.19. The molecule has 0 bridgehead atoms. The number of nitrogens with two attached hydrogens (primary N) is 1. The Balaban J connectivity index is 1.87. The smallest absolute Gasteiger partial charge is 0.273 e. The molecule has 18 heavy (non-hydrogen) atoms. The van der Waals surface area contributed by atoms with Gasteiger partial charge in [-0.3, -0.25) is 9.48 Å². The molecule has 0 saturated heterocycles. The molecule has 1 aliphatic carbocycles. The molecule has 0 aromatic carbocycles. The summed E-state index contributed by atoms with van der Waals surface area (Å²) >= 11 is 0. The second-order valence-corrected chi connectivity index (χ2v) is 4.77. The highest BCUT2D eigenvalue weighted by atomic mass is 16.3. The zero-order chi connectivity index (χ0) is 13.0. The van der Waals surface area contributed by atoms with Crippen LogP contribution in [0.25, 0.3) is 0 Å². The van der Waals surface area contributed by atoms with Crippen LogP contribution in [0.4, 0.5) is 0 Å². The quantitative estimate of drug-likeness (QED) is 0.641. The van der Waals surface area contributed by atoms with Crippen molar-refractivity contribution in [1.82, 2.24) is 20.3 Å². The number of aromatic nitrogens is 3. The lowest BCUT2D eigenvalue weighted by Crippen LogP contribution is -2.40. The largest absolute Gasteiger partial charge is 0.388 e. The lowest BCUT2D eigenvalue weighted by molar-refractivity contribution is 0.0448. The number of nitrogens with zero attached hydrogens (tertiary/aromatic N) is 3. The van der Waals surface area contributed by atoms with E-state index in [0.717, 1.165) is 25.7 Å². The highest BCUT2D eigenvalue weighted by Gasteiger charge is 2.31. The van der Waals surface area contributed by atoms with Crippen molar-refractivity contribution in [3.05, 3.63) is 11.9 Å². The molecule has 0 spiro atoms. The number of carbonyl (C=O) groups excluding carboxylic acids is 1. The van der Waals surface area contributed by atoms with Gasteiger partial charge in [0.2, 0.25) is 0 Å². The molecule has 1 saturated carbocycles. The molecule has 1 aromatic rings. The van der Waals surface area contributed by atoms with E-state index >= 15 is 0 Å². The maximum Gasteiger partial charge on any atom is 0.273 e. The summed E-state index contributed by atoms with van der Waals surface area (Å²) in [6.45, 7) is 1.25. The molecule has 0 atom stereocenters. The Morgan fingerprint density at radius 1 is 1.56 bits per heavy atom. The van der Waals surface area contributed by atoms with Crippen LogP contribution in [0.15, 0.2) is 6.20 Å². The van der Waals surface area contributed by atoms with Crippen molar-refractivity contribution in [2.75, 3.05) is 13.1 Å². The molecule has 2 rings (SSSR count). The first-order valence-electron chi connectivity index (χ1n) is 6.24. The third kappa shape index (κ3) is 3.05. The average Bonchev–Trinajstić information content (AvgIpc) is 2.97. The highest BCUT2D eigenvalue weighted by molar-refractivity contribution is 5.91. The second-order valence-electron chi connectivity index (χ2n) is 4.77. The highest BCUT2D eigenvalue weighted by Crippen LogP contribution is 2.28. The minimum absolute atomic E-state index is 0.255. The van der Waals surface area contributed by atoms with Gasteiger partial charge < -0.3 is 16.2 Å². The van der Waals surface area contributed by atoms with Crippen molar-refractivity contribution in [2.24, 2.45) is 5.73 Å². The molecule has 1 aliphatic rings. The van der Waals surface area contributed by atoms with E-state index in [2.05, 4.69) is 15.6 Å². The standard InChI is InChI=1S/C11H19N5O2/c12-5-6-16-7-9(14-15-16)10(17)13-8-11(18)3-1-2-4-11/h7,18H,1-6,8,12H2,(H,13,17). The van der Waals surface area contributed by atoms with Crippen molar-refractivity contribution < 1.29 is 9.90 Å². The van der Waals surface area contributed by atoms with Gasteiger partial charge in [-0.15, -0.1) is 5.10 Å². The summed E-state index contributed by atoms with van der Waals surface area (Å²) in [5, 5.41) is 20.4. The Bertz CT molecular complexity index is 411. The number of nitrogens with one attached hydrogen (secondary N) is 1. The summed E-state index contributed by atoms with van der Waals surface area (Å²) in [5.74, 6) is -0.307. The van der Waals surface area contributed by atoms with Gasteiger partial charge in [-0.05, 0) is 12.8 Å². The lowest BCUT2D eigenvalue weighted by atomic mass is 10.0. The Morgan fingerprint density at radius 2 is 2.28 bits per heavy atom. The second kappa shape index (κ2) is 5.45. The molecule has 0 radical (unpaired) electrons. The van der Waals surface area contributed by atoms with Crippen LogP contribution in [-0.4, -0.2) is 44.7 Å². The molecule has 7 nitrogen and oxygen atoms in total. The average molecular weight is 253 g/mol. The molecule has 1 heterocycles. The first-order valence-corrected chi connectivity index (χ1v) is 6.24. The van der Waals surface area contributed by atoms with Gasteiger partial charge in [-0.1, -0.05) is 18.1 Å². The van der Waals surface area contributed by atoms with E-state index in [1.807, 2.05) is 0 Å². The fourth-order valence-corrected chi connectivity index (χ4v) is 2.19. The van der Waals surface area contributed by atoms with E-state index in [-0.39, 0.29) is 18.1 Å². The SMILES string of the molecule is NCCn1cc(C(=O)NCC2(O)CCCC2)nn1. The van der Waals surface area contributed by atoms with Gasteiger partial charge in [-0.2, -0.15) is 0 Å². The number of aliphatic hydroxyl groups is 1. The number of hydrogen-bond donors (Lipinski definition) is 3. The van der Waals surface area contributed by atoms with Crippen molar-refractivity contribution >= 4 is 5.91 Å². The summed E-state index contributed by atoms with van der Waals surface area (Å²) in [6, 6.07) is 0. The summed E-state index contributed by atoms with van der Waals surface area (Å²) in [4.78, 5) is 11.8. The van der Waals surface area contributed by atoms with E-state index in [9.17, 15) is 9.90 Å². The first-order chi connectivity index (χ1) is 8.63. The number of hydrogen-bond acceptors (Lipinski definition) is 5. The van der Waals surface area contributed by atoms with Crippen LogP contribution in [0.2, 0.25) is 0 Å². The summed E-state index contributed by atoms with van der Waals surface area (Å²) in [5.41, 5.74) is 4.89. The third-order valence-electron chi connectivity index (χ3n) is 3.24. The Morgan fingerprint density at radius 3 is 2.94 bits per heavy atom. The number of amides is 1. The zero-order valence-corrected chi connectivity index (χ0v) is 10.3. The molecule has 100 valence electrons. The number of carbonyl (C=O) groups is 1. The molecular weight excluding hydrogens is 234 g/mol. The molecular formula is C11H19N5O2. The van der Waals surface area contributed by atoms with Gasteiger partial charge in [-0.25, -0.2) is 0 Å². The van der Waals surface area contributed by atoms with Crippen LogP contribution in [0, 0.1) is 0 Å². The van der Waals surface area contributed by atoms with E-state index in [1.54, 1.807) is 6.20 Å². The predicted octanol–water partition coefficient (Wildman–Crippen LogP) is -0.728. The number of rotatable bonds is 5.